The van der Waals surface area contributed by atoms with E-state index in [1.807, 2.05) is 0 Å². The number of dihydropyridines is 1. The van der Waals surface area contributed by atoms with Gasteiger partial charge in [0.1, 0.15) is 18.4 Å². The lowest BCUT2D eigenvalue weighted by Gasteiger charge is -2.38. The topological polar surface area (TPSA) is 52.0 Å². The number of hydrogen-bond donors (Lipinski definition) is 1. The van der Waals surface area contributed by atoms with E-state index in [0.717, 1.165) is 30.3 Å². The van der Waals surface area contributed by atoms with E-state index < -0.39 is 23.8 Å². The average Bonchev–Trinajstić information content (AvgIpc) is 3.06. The van der Waals surface area contributed by atoms with Gasteiger partial charge in [0.2, 0.25) is 0 Å². The van der Waals surface area contributed by atoms with Crippen molar-refractivity contribution in [2.45, 2.75) is 24.6 Å². The zero-order valence-electron chi connectivity index (χ0n) is 13.4. The molecule has 0 bridgehead atoms. The van der Waals surface area contributed by atoms with Crippen LogP contribution in [0.5, 0.6) is 5.75 Å². The second-order valence-corrected chi connectivity index (χ2v) is 5.65. The minimum atomic E-state index is -4.93. The molecular weight excluding hydrogens is 378 g/mol. The molecule has 2 heterocycles. The lowest BCUT2D eigenvalue weighted by Crippen LogP contribution is -2.53. The molecule has 1 atom stereocenters. The van der Waals surface area contributed by atoms with Crippen LogP contribution in [0.1, 0.15) is 5.56 Å². The molecule has 11 heteroatoms. The monoisotopic (exact) mass is 390 g/mol. The van der Waals surface area contributed by atoms with E-state index >= 15 is 0 Å². The molecule has 1 aliphatic rings. The summed E-state index contributed by atoms with van der Waals surface area (Å²) in [5.74, 6) is -0.609. The molecule has 0 aliphatic carbocycles. The first-order valence-electron chi connectivity index (χ1n) is 7.51. The average molecular weight is 390 g/mol. The Balaban J connectivity index is 1.90. The van der Waals surface area contributed by atoms with Gasteiger partial charge >= 0.3 is 12.5 Å². The van der Waals surface area contributed by atoms with E-state index in [1.54, 1.807) is 0 Å². The molecule has 0 radical (unpaired) electrons. The largest absolute Gasteiger partial charge is 0.573 e. The molecular formula is C16H12F6N4O. The highest BCUT2D eigenvalue weighted by Crippen LogP contribution is 2.43. The van der Waals surface area contributed by atoms with Gasteiger partial charge in [-0.25, -0.2) is 9.67 Å². The van der Waals surface area contributed by atoms with Gasteiger partial charge in [-0.2, -0.15) is 18.3 Å². The van der Waals surface area contributed by atoms with Gasteiger partial charge in [0.25, 0.3) is 0 Å². The van der Waals surface area contributed by atoms with Crippen molar-refractivity contribution in [3.63, 3.8) is 0 Å². The molecule has 1 unspecified atom stereocenters. The lowest BCUT2D eigenvalue weighted by atomic mass is 9.86. The Morgan fingerprint density at radius 3 is 2.33 bits per heavy atom. The standard InChI is InChI=1S/C16H12F6N4O/c17-15(18,19)14(11-3-5-13(6-4-11)27-16(20,21)22)7-1-2-12(25-14)8-26-10-23-9-24-26/h1-7,9-10,25H,8H2. The molecule has 3 rings (SSSR count). The Labute approximate surface area is 149 Å². The fourth-order valence-electron chi connectivity index (χ4n) is 2.64. The van der Waals surface area contributed by atoms with Crippen LogP contribution in [-0.4, -0.2) is 27.3 Å². The zero-order valence-corrected chi connectivity index (χ0v) is 13.4. The highest BCUT2D eigenvalue weighted by Gasteiger charge is 2.55. The fraction of sp³-hybridized carbons (Fsp3) is 0.250. The SMILES string of the molecule is FC(F)(F)Oc1ccc(C2(C(F)(F)F)C=CC=C(Cn3cncn3)N2)cc1. The van der Waals surface area contributed by atoms with Gasteiger partial charge in [-0.15, -0.1) is 13.2 Å². The number of alkyl halides is 6. The predicted molar refractivity (Wildman–Crippen MR) is 81.2 cm³/mol. The zero-order chi connectivity index (χ0) is 19.7. The maximum absolute atomic E-state index is 13.9. The van der Waals surface area contributed by atoms with Crippen molar-refractivity contribution in [3.8, 4) is 5.75 Å². The molecule has 144 valence electrons. The third kappa shape index (κ3) is 4.07. The molecule has 0 spiro atoms. The molecule has 0 fully saturated rings. The molecule has 2 aromatic rings. The van der Waals surface area contributed by atoms with Gasteiger partial charge in [0.15, 0.2) is 5.54 Å². The lowest BCUT2D eigenvalue weighted by molar-refractivity contribution is -0.274. The first kappa shape index (κ1) is 18.8. The Morgan fingerprint density at radius 1 is 1.07 bits per heavy atom. The van der Waals surface area contributed by atoms with E-state index in [0.29, 0.717) is 0 Å². The Kier molecular flexibility index (Phi) is 4.62. The number of ether oxygens (including phenoxy) is 1. The van der Waals surface area contributed by atoms with Crippen LogP contribution in [0, 0.1) is 0 Å². The van der Waals surface area contributed by atoms with E-state index in [4.69, 9.17) is 0 Å². The fourth-order valence-corrected chi connectivity index (χ4v) is 2.64. The second-order valence-electron chi connectivity index (χ2n) is 5.65. The van der Waals surface area contributed by atoms with Crippen molar-refractivity contribution in [2.75, 3.05) is 0 Å². The molecule has 5 nitrogen and oxygen atoms in total. The third-order valence-corrected chi connectivity index (χ3v) is 3.79. The molecule has 1 aromatic heterocycles. The van der Waals surface area contributed by atoms with Crippen LogP contribution in [0.3, 0.4) is 0 Å². The highest BCUT2D eigenvalue weighted by molar-refractivity contribution is 5.41. The molecule has 27 heavy (non-hydrogen) atoms. The second kappa shape index (κ2) is 6.63. The molecule has 1 aliphatic heterocycles. The van der Waals surface area contributed by atoms with Gasteiger partial charge in [-0.1, -0.05) is 18.2 Å². The minimum Gasteiger partial charge on any atom is -0.406 e. The van der Waals surface area contributed by atoms with E-state index in [2.05, 4.69) is 20.1 Å². The van der Waals surface area contributed by atoms with Gasteiger partial charge < -0.3 is 10.1 Å². The van der Waals surface area contributed by atoms with Crippen LogP contribution in [0.4, 0.5) is 26.3 Å². The van der Waals surface area contributed by atoms with Gasteiger partial charge in [0, 0.05) is 5.70 Å². The molecule has 0 saturated carbocycles. The van der Waals surface area contributed by atoms with Crippen molar-refractivity contribution >= 4 is 0 Å². The molecule has 0 amide bonds. The number of aromatic nitrogens is 3. The normalized spacial score (nSPS) is 20.1. The van der Waals surface area contributed by atoms with Crippen molar-refractivity contribution < 1.29 is 31.1 Å². The van der Waals surface area contributed by atoms with Crippen LogP contribution in [0.2, 0.25) is 0 Å². The first-order chi connectivity index (χ1) is 12.6. The quantitative estimate of drug-likeness (QED) is 0.810. The Bertz CT molecular complexity index is 839. The van der Waals surface area contributed by atoms with Crippen LogP contribution in [0.15, 0.2) is 60.8 Å². The smallest absolute Gasteiger partial charge is 0.406 e. The van der Waals surface area contributed by atoms with Crippen LogP contribution >= 0.6 is 0 Å². The molecule has 1 aromatic carbocycles. The van der Waals surface area contributed by atoms with Crippen molar-refractivity contribution in [1.82, 2.24) is 20.1 Å². The number of allylic oxidation sites excluding steroid dienone is 3. The van der Waals surface area contributed by atoms with Crippen molar-refractivity contribution in [2.24, 2.45) is 0 Å². The summed E-state index contributed by atoms with van der Waals surface area (Å²) in [7, 11) is 0. The molecule has 0 saturated heterocycles. The third-order valence-electron chi connectivity index (χ3n) is 3.79. The van der Waals surface area contributed by atoms with Crippen molar-refractivity contribution in [3.05, 3.63) is 66.4 Å². The summed E-state index contributed by atoms with van der Waals surface area (Å²) >= 11 is 0. The summed E-state index contributed by atoms with van der Waals surface area (Å²) < 4.78 is 83.5. The number of halogens is 6. The summed E-state index contributed by atoms with van der Waals surface area (Å²) in [4.78, 5) is 3.72. The molecule has 1 N–H and O–H groups in total. The van der Waals surface area contributed by atoms with Gasteiger partial charge in [0.05, 0.1) is 6.54 Å². The van der Waals surface area contributed by atoms with Gasteiger partial charge in [-0.05, 0) is 29.8 Å². The number of hydrogen-bond acceptors (Lipinski definition) is 4. The van der Waals surface area contributed by atoms with E-state index in [9.17, 15) is 26.3 Å². The number of nitrogens with one attached hydrogen (secondary N) is 1. The van der Waals surface area contributed by atoms with E-state index in [-0.39, 0.29) is 17.8 Å². The summed E-state index contributed by atoms with van der Waals surface area (Å²) in [5, 5.41) is 6.26. The Hall–Kier alpha value is -2.98. The number of nitrogens with zero attached hydrogens (tertiary/aromatic N) is 3. The summed E-state index contributed by atoms with van der Waals surface area (Å²) in [6, 6.07) is 3.54. The van der Waals surface area contributed by atoms with Crippen LogP contribution in [-0.2, 0) is 12.1 Å². The summed E-state index contributed by atoms with van der Waals surface area (Å²) in [6.07, 6.45) is -3.52. The summed E-state index contributed by atoms with van der Waals surface area (Å²) in [5.41, 5.74) is -2.69. The number of benzene rings is 1. The van der Waals surface area contributed by atoms with Gasteiger partial charge in [-0.3, -0.25) is 0 Å². The van der Waals surface area contributed by atoms with E-state index in [1.165, 1.54) is 29.5 Å². The maximum Gasteiger partial charge on any atom is 0.573 e. The van der Waals surface area contributed by atoms with Crippen LogP contribution < -0.4 is 10.1 Å². The minimum absolute atomic E-state index is 0.0113. The maximum atomic E-state index is 13.9. The predicted octanol–water partition coefficient (Wildman–Crippen LogP) is 3.68. The Morgan fingerprint density at radius 2 is 1.78 bits per heavy atom. The van der Waals surface area contributed by atoms with Crippen molar-refractivity contribution in [1.29, 1.82) is 0 Å². The summed E-state index contributed by atoms with van der Waals surface area (Å²) in [6.45, 7) is 0.0113. The van der Waals surface area contributed by atoms with Crippen LogP contribution in [0.25, 0.3) is 0 Å². The first-order valence-corrected chi connectivity index (χ1v) is 7.51. The highest BCUT2D eigenvalue weighted by atomic mass is 19.4. The number of rotatable bonds is 4.